The van der Waals surface area contributed by atoms with E-state index in [9.17, 15) is 4.79 Å². The molecule has 6 heteroatoms. The number of likely N-dealkylation sites (tertiary alicyclic amines) is 1. The molecule has 3 heterocycles. The monoisotopic (exact) mass is 334 g/mol. The molecule has 0 bridgehead atoms. The fourth-order valence-corrected chi connectivity index (χ4v) is 3.73. The van der Waals surface area contributed by atoms with E-state index in [4.69, 9.17) is 4.42 Å². The van der Waals surface area contributed by atoms with Gasteiger partial charge in [0, 0.05) is 26.2 Å². The molecule has 1 N–H and O–H groups in total. The van der Waals surface area contributed by atoms with Crippen molar-refractivity contribution in [3.8, 4) is 0 Å². The van der Waals surface area contributed by atoms with Gasteiger partial charge in [0.2, 0.25) is 0 Å². The van der Waals surface area contributed by atoms with E-state index in [0.29, 0.717) is 6.54 Å². The van der Waals surface area contributed by atoms with Crippen LogP contribution in [0.4, 0.5) is 4.79 Å². The van der Waals surface area contributed by atoms with Gasteiger partial charge in [-0.25, -0.2) is 4.79 Å². The summed E-state index contributed by atoms with van der Waals surface area (Å²) in [6.45, 7) is 9.73. The van der Waals surface area contributed by atoms with Gasteiger partial charge in [0.25, 0.3) is 0 Å². The van der Waals surface area contributed by atoms with Gasteiger partial charge >= 0.3 is 6.03 Å². The van der Waals surface area contributed by atoms with Crippen LogP contribution in [0, 0.1) is 0 Å². The zero-order valence-corrected chi connectivity index (χ0v) is 14.7. The van der Waals surface area contributed by atoms with Crippen LogP contribution >= 0.6 is 0 Å². The molecule has 2 fully saturated rings. The van der Waals surface area contributed by atoms with Crippen molar-refractivity contribution < 1.29 is 9.21 Å². The highest BCUT2D eigenvalue weighted by Crippen LogP contribution is 2.24. The number of hydrogen-bond donors (Lipinski definition) is 1. The van der Waals surface area contributed by atoms with Gasteiger partial charge in [-0.05, 0) is 57.6 Å². The quantitative estimate of drug-likeness (QED) is 0.896. The largest absolute Gasteiger partial charge is 0.468 e. The second-order valence-electron chi connectivity index (χ2n) is 6.74. The normalized spacial score (nSPS) is 21.6. The number of carbonyl (C=O) groups is 1. The number of likely N-dealkylation sites (N-methyl/N-ethyl adjacent to an activating group) is 1. The lowest BCUT2D eigenvalue weighted by atomic mass is 10.2. The molecule has 24 heavy (non-hydrogen) atoms. The summed E-state index contributed by atoms with van der Waals surface area (Å²) in [6, 6.07) is 4.14. The standard InChI is InChI=1S/C18H30N4O2/c1-2-20-8-6-11-22(13-12-20)18(23)19-15-16(17-7-5-14-24-17)21-9-3-4-10-21/h5,7,14,16H,2-4,6,8-13,15H2,1H3,(H,19,23). The third-order valence-electron chi connectivity index (χ3n) is 5.22. The van der Waals surface area contributed by atoms with Crippen LogP contribution < -0.4 is 5.32 Å². The predicted molar refractivity (Wildman–Crippen MR) is 94.0 cm³/mol. The molecule has 0 radical (unpaired) electrons. The average molecular weight is 334 g/mol. The third kappa shape index (κ3) is 4.30. The Morgan fingerprint density at radius 2 is 2.00 bits per heavy atom. The lowest BCUT2D eigenvalue weighted by molar-refractivity contribution is 0.182. The molecule has 0 aromatic carbocycles. The lowest BCUT2D eigenvalue weighted by Crippen LogP contribution is -2.45. The third-order valence-corrected chi connectivity index (χ3v) is 5.22. The van der Waals surface area contributed by atoms with Crippen LogP contribution in [0.25, 0.3) is 0 Å². The van der Waals surface area contributed by atoms with E-state index in [-0.39, 0.29) is 12.1 Å². The van der Waals surface area contributed by atoms with Gasteiger partial charge in [0.05, 0.1) is 12.3 Å². The van der Waals surface area contributed by atoms with Gasteiger partial charge in [0.1, 0.15) is 5.76 Å². The number of nitrogens with zero attached hydrogens (tertiary/aromatic N) is 3. The first-order valence-corrected chi connectivity index (χ1v) is 9.30. The Bertz CT molecular complexity index is 499. The van der Waals surface area contributed by atoms with Crippen molar-refractivity contribution in [3.05, 3.63) is 24.2 Å². The fraction of sp³-hybridized carbons (Fsp3) is 0.722. The molecular weight excluding hydrogens is 304 g/mol. The summed E-state index contributed by atoms with van der Waals surface area (Å²) in [6.07, 6.45) is 5.22. The van der Waals surface area contributed by atoms with Crippen molar-refractivity contribution in [2.45, 2.75) is 32.2 Å². The van der Waals surface area contributed by atoms with Crippen molar-refractivity contribution in [2.24, 2.45) is 0 Å². The molecule has 1 atom stereocenters. The Balaban J connectivity index is 1.55. The molecule has 3 rings (SSSR count). The summed E-state index contributed by atoms with van der Waals surface area (Å²) in [5.41, 5.74) is 0. The Morgan fingerprint density at radius 1 is 1.17 bits per heavy atom. The van der Waals surface area contributed by atoms with Gasteiger partial charge in [-0.15, -0.1) is 0 Å². The topological polar surface area (TPSA) is 52.0 Å². The van der Waals surface area contributed by atoms with E-state index in [1.165, 1.54) is 12.8 Å². The number of nitrogens with one attached hydrogen (secondary N) is 1. The van der Waals surface area contributed by atoms with Crippen LogP contribution in [0.2, 0.25) is 0 Å². The van der Waals surface area contributed by atoms with Crippen molar-refractivity contribution in [1.82, 2.24) is 20.0 Å². The summed E-state index contributed by atoms with van der Waals surface area (Å²) in [7, 11) is 0. The summed E-state index contributed by atoms with van der Waals surface area (Å²) in [5, 5.41) is 3.15. The molecule has 6 nitrogen and oxygen atoms in total. The number of hydrogen-bond acceptors (Lipinski definition) is 4. The minimum Gasteiger partial charge on any atom is -0.468 e. The van der Waals surface area contributed by atoms with E-state index in [0.717, 1.165) is 58.0 Å². The van der Waals surface area contributed by atoms with Crippen LogP contribution in [0.5, 0.6) is 0 Å². The minimum atomic E-state index is 0.0590. The van der Waals surface area contributed by atoms with E-state index >= 15 is 0 Å². The zero-order valence-electron chi connectivity index (χ0n) is 14.7. The SMILES string of the molecule is CCN1CCCN(C(=O)NCC(c2ccco2)N2CCCC2)CC1. The molecule has 0 aliphatic carbocycles. The Kier molecular flexibility index (Phi) is 6.15. The van der Waals surface area contributed by atoms with Crippen molar-refractivity contribution in [1.29, 1.82) is 0 Å². The van der Waals surface area contributed by atoms with Gasteiger partial charge in [0.15, 0.2) is 0 Å². The van der Waals surface area contributed by atoms with Crippen LogP contribution in [-0.2, 0) is 0 Å². The van der Waals surface area contributed by atoms with Crippen LogP contribution in [0.3, 0.4) is 0 Å². The molecule has 0 saturated carbocycles. The van der Waals surface area contributed by atoms with Gasteiger partial charge < -0.3 is 19.5 Å². The maximum absolute atomic E-state index is 12.6. The Hall–Kier alpha value is -1.53. The first kappa shape index (κ1) is 17.3. The number of urea groups is 1. The Labute approximate surface area is 144 Å². The molecule has 2 saturated heterocycles. The van der Waals surface area contributed by atoms with Crippen molar-refractivity contribution in [3.63, 3.8) is 0 Å². The van der Waals surface area contributed by atoms with Crippen molar-refractivity contribution >= 4 is 6.03 Å². The molecule has 2 amide bonds. The van der Waals surface area contributed by atoms with Crippen LogP contribution in [-0.4, -0.2) is 73.1 Å². The molecule has 134 valence electrons. The Morgan fingerprint density at radius 3 is 2.71 bits per heavy atom. The average Bonchev–Trinajstić information content (AvgIpc) is 3.26. The van der Waals surface area contributed by atoms with Crippen LogP contribution in [0.1, 0.15) is 38.0 Å². The molecule has 1 unspecified atom stereocenters. The second kappa shape index (κ2) is 8.53. The minimum absolute atomic E-state index is 0.0590. The highest BCUT2D eigenvalue weighted by atomic mass is 16.3. The predicted octanol–water partition coefficient (Wildman–Crippen LogP) is 2.15. The summed E-state index contributed by atoms with van der Waals surface area (Å²) >= 11 is 0. The zero-order chi connectivity index (χ0) is 16.8. The maximum Gasteiger partial charge on any atom is 0.317 e. The number of amides is 2. The lowest BCUT2D eigenvalue weighted by Gasteiger charge is -2.28. The second-order valence-corrected chi connectivity index (χ2v) is 6.74. The highest BCUT2D eigenvalue weighted by Gasteiger charge is 2.27. The molecule has 1 aromatic rings. The number of rotatable bonds is 5. The van der Waals surface area contributed by atoms with E-state index in [2.05, 4.69) is 22.0 Å². The van der Waals surface area contributed by atoms with Crippen LogP contribution in [0.15, 0.2) is 22.8 Å². The molecule has 1 aromatic heterocycles. The summed E-state index contributed by atoms with van der Waals surface area (Å²) < 4.78 is 5.62. The first-order chi connectivity index (χ1) is 11.8. The first-order valence-electron chi connectivity index (χ1n) is 9.30. The highest BCUT2D eigenvalue weighted by molar-refractivity contribution is 5.74. The van der Waals surface area contributed by atoms with Crippen molar-refractivity contribution in [2.75, 3.05) is 52.4 Å². The molecule has 0 spiro atoms. The van der Waals surface area contributed by atoms with Gasteiger partial charge in [-0.1, -0.05) is 6.92 Å². The van der Waals surface area contributed by atoms with E-state index in [1.807, 2.05) is 17.0 Å². The summed E-state index contributed by atoms with van der Waals surface area (Å²) in [4.78, 5) is 19.4. The van der Waals surface area contributed by atoms with Gasteiger partial charge in [-0.2, -0.15) is 0 Å². The number of furan rings is 1. The fourth-order valence-electron chi connectivity index (χ4n) is 3.73. The van der Waals surface area contributed by atoms with E-state index < -0.39 is 0 Å². The molecule has 2 aliphatic rings. The van der Waals surface area contributed by atoms with Gasteiger partial charge in [-0.3, -0.25) is 4.90 Å². The summed E-state index contributed by atoms with van der Waals surface area (Å²) in [5.74, 6) is 0.949. The molecule has 2 aliphatic heterocycles. The number of carbonyl (C=O) groups excluding carboxylic acids is 1. The molecular formula is C18H30N4O2. The van der Waals surface area contributed by atoms with E-state index in [1.54, 1.807) is 6.26 Å². The maximum atomic E-state index is 12.6. The smallest absolute Gasteiger partial charge is 0.317 e.